The molecule has 1 atom stereocenters. The first-order chi connectivity index (χ1) is 11.2. The van der Waals surface area contributed by atoms with Gasteiger partial charge >= 0.3 is 0 Å². The Morgan fingerprint density at radius 3 is 2.67 bits per heavy atom. The second kappa shape index (κ2) is 11.4. The topological polar surface area (TPSA) is 44.4 Å². The average Bonchev–Trinajstić information content (AvgIpc) is 2.57. The number of benzene rings is 1. The Balaban J connectivity index is 0.00000288. The molecule has 1 fully saturated rings. The van der Waals surface area contributed by atoms with Crippen molar-refractivity contribution < 1.29 is 9.18 Å². The molecule has 0 spiro atoms. The predicted octanol–water partition coefficient (Wildman–Crippen LogP) is 2.72. The number of piperidine rings is 1. The third-order valence-corrected chi connectivity index (χ3v) is 4.24. The molecule has 1 heterocycles. The van der Waals surface area contributed by atoms with E-state index in [0.717, 1.165) is 50.9 Å². The largest absolute Gasteiger partial charge is 0.353 e. The fourth-order valence-electron chi connectivity index (χ4n) is 3.00. The van der Waals surface area contributed by atoms with Crippen molar-refractivity contribution in [2.45, 2.75) is 45.2 Å². The number of hydrogen-bond donors (Lipinski definition) is 2. The molecule has 1 aromatic carbocycles. The van der Waals surface area contributed by atoms with Gasteiger partial charge in [-0.3, -0.25) is 9.69 Å². The third-order valence-electron chi connectivity index (χ3n) is 4.24. The summed E-state index contributed by atoms with van der Waals surface area (Å²) in [5.41, 5.74) is 1.05. The van der Waals surface area contributed by atoms with Crippen molar-refractivity contribution >= 4 is 18.3 Å². The van der Waals surface area contributed by atoms with Gasteiger partial charge in [-0.15, -0.1) is 12.4 Å². The first-order valence-corrected chi connectivity index (χ1v) is 8.67. The van der Waals surface area contributed by atoms with Gasteiger partial charge < -0.3 is 10.6 Å². The van der Waals surface area contributed by atoms with Gasteiger partial charge in [-0.1, -0.05) is 25.5 Å². The van der Waals surface area contributed by atoms with Crippen LogP contribution in [0.15, 0.2) is 24.3 Å². The van der Waals surface area contributed by atoms with Crippen LogP contribution in [-0.2, 0) is 11.3 Å². The third kappa shape index (κ3) is 6.75. The van der Waals surface area contributed by atoms with Gasteiger partial charge in [0.05, 0.1) is 6.04 Å². The number of nitrogens with one attached hydrogen (secondary N) is 2. The molecule has 2 rings (SSSR count). The quantitative estimate of drug-likeness (QED) is 0.703. The molecule has 6 heteroatoms. The summed E-state index contributed by atoms with van der Waals surface area (Å²) in [6, 6.07) is 6.49. The fraction of sp³-hybridized carbons (Fsp3) is 0.611. The van der Waals surface area contributed by atoms with Crippen LogP contribution in [0.25, 0.3) is 0 Å². The molecular formula is C18H29ClFN3O. The van der Waals surface area contributed by atoms with Gasteiger partial charge in [0, 0.05) is 19.6 Å². The lowest BCUT2D eigenvalue weighted by atomic mass is 10.0. The van der Waals surface area contributed by atoms with Crippen molar-refractivity contribution in [1.82, 2.24) is 15.5 Å². The van der Waals surface area contributed by atoms with Gasteiger partial charge in [0.25, 0.3) is 0 Å². The molecule has 136 valence electrons. The molecule has 0 aliphatic carbocycles. The normalized spacial score (nSPS) is 18.0. The Kier molecular flexibility index (Phi) is 9.91. The van der Waals surface area contributed by atoms with Crippen LogP contribution in [0.5, 0.6) is 0 Å². The Bertz CT molecular complexity index is 484. The number of carbonyl (C=O) groups excluding carboxylic acids is 1. The van der Waals surface area contributed by atoms with Crippen LogP contribution in [0.3, 0.4) is 0 Å². The average molecular weight is 358 g/mol. The minimum absolute atomic E-state index is 0. The highest BCUT2D eigenvalue weighted by atomic mass is 35.5. The molecule has 4 nitrogen and oxygen atoms in total. The predicted molar refractivity (Wildman–Crippen MR) is 97.9 cm³/mol. The zero-order chi connectivity index (χ0) is 16.5. The lowest BCUT2D eigenvalue weighted by Gasteiger charge is -2.34. The maximum absolute atomic E-state index is 13.0. The molecule has 2 N–H and O–H groups in total. The molecule has 1 aromatic rings. The molecule has 0 bridgehead atoms. The van der Waals surface area contributed by atoms with Gasteiger partial charge in [0.1, 0.15) is 5.82 Å². The molecule has 24 heavy (non-hydrogen) atoms. The maximum Gasteiger partial charge on any atom is 0.237 e. The zero-order valence-electron chi connectivity index (χ0n) is 14.4. The van der Waals surface area contributed by atoms with E-state index >= 15 is 0 Å². The van der Waals surface area contributed by atoms with Gasteiger partial charge in [-0.2, -0.15) is 0 Å². The van der Waals surface area contributed by atoms with Gasteiger partial charge in [0.2, 0.25) is 5.91 Å². The first-order valence-electron chi connectivity index (χ1n) is 8.67. The van der Waals surface area contributed by atoms with E-state index in [-0.39, 0.29) is 30.2 Å². The highest BCUT2D eigenvalue weighted by Crippen LogP contribution is 2.20. The SMILES string of the molecule is CCCNCCNC(=O)C1CCCCN1Cc1ccc(F)cc1.Cl. The van der Waals surface area contributed by atoms with Crippen LogP contribution in [-0.4, -0.2) is 43.0 Å². The minimum Gasteiger partial charge on any atom is -0.353 e. The summed E-state index contributed by atoms with van der Waals surface area (Å²) in [6.45, 7) is 6.21. The summed E-state index contributed by atoms with van der Waals surface area (Å²) in [5, 5.41) is 6.32. The second-order valence-corrected chi connectivity index (χ2v) is 6.15. The maximum atomic E-state index is 13.0. The van der Waals surface area contributed by atoms with E-state index in [1.165, 1.54) is 12.1 Å². The molecule has 0 aromatic heterocycles. The van der Waals surface area contributed by atoms with E-state index in [9.17, 15) is 9.18 Å². The van der Waals surface area contributed by atoms with E-state index in [1.807, 2.05) is 0 Å². The van der Waals surface area contributed by atoms with Crippen LogP contribution in [0.4, 0.5) is 4.39 Å². The molecule has 1 aliphatic heterocycles. The molecule has 1 saturated heterocycles. The summed E-state index contributed by atoms with van der Waals surface area (Å²) in [7, 11) is 0. The molecule has 1 unspecified atom stereocenters. The summed E-state index contributed by atoms with van der Waals surface area (Å²) < 4.78 is 13.0. The number of nitrogens with zero attached hydrogens (tertiary/aromatic N) is 1. The van der Waals surface area contributed by atoms with Crippen LogP contribution in [0.1, 0.15) is 38.2 Å². The Morgan fingerprint density at radius 2 is 1.96 bits per heavy atom. The van der Waals surface area contributed by atoms with E-state index in [2.05, 4.69) is 22.5 Å². The number of halogens is 2. The Hall–Kier alpha value is -1.17. The van der Waals surface area contributed by atoms with Crippen LogP contribution in [0, 0.1) is 5.82 Å². The van der Waals surface area contributed by atoms with Crippen molar-refractivity contribution in [2.75, 3.05) is 26.2 Å². The van der Waals surface area contributed by atoms with Gasteiger partial charge in [-0.05, 0) is 50.0 Å². The fourth-order valence-corrected chi connectivity index (χ4v) is 3.00. The summed E-state index contributed by atoms with van der Waals surface area (Å²) in [6.07, 6.45) is 4.20. The van der Waals surface area contributed by atoms with Crippen LogP contribution >= 0.6 is 12.4 Å². The highest BCUT2D eigenvalue weighted by Gasteiger charge is 2.28. The van der Waals surface area contributed by atoms with E-state index < -0.39 is 0 Å². The Labute approximate surface area is 150 Å². The Morgan fingerprint density at radius 1 is 1.21 bits per heavy atom. The molecule has 0 saturated carbocycles. The van der Waals surface area contributed by atoms with Crippen molar-refractivity contribution in [3.8, 4) is 0 Å². The van der Waals surface area contributed by atoms with Crippen molar-refractivity contribution in [2.24, 2.45) is 0 Å². The monoisotopic (exact) mass is 357 g/mol. The lowest BCUT2D eigenvalue weighted by molar-refractivity contribution is -0.127. The molecule has 1 aliphatic rings. The van der Waals surface area contributed by atoms with Gasteiger partial charge in [-0.25, -0.2) is 4.39 Å². The summed E-state index contributed by atoms with van der Waals surface area (Å²) >= 11 is 0. The molecular weight excluding hydrogens is 329 g/mol. The second-order valence-electron chi connectivity index (χ2n) is 6.15. The molecule has 0 radical (unpaired) electrons. The number of amides is 1. The van der Waals surface area contributed by atoms with Crippen molar-refractivity contribution in [3.05, 3.63) is 35.6 Å². The van der Waals surface area contributed by atoms with E-state index in [0.29, 0.717) is 13.1 Å². The standard InChI is InChI=1S/C18H28FN3O.ClH/c1-2-10-20-11-12-21-18(23)17-5-3-4-13-22(17)14-15-6-8-16(19)9-7-15;/h6-9,17,20H,2-5,10-14H2,1H3,(H,21,23);1H. The number of likely N-dealkylation sites (tertiary alicyclic amines) is 1. The van der Waals surface area contributed by atoms with Crippen molar-refractivity contribution in [3.63, 3.8) is 0 Å². The van der Waals surface area contributed by atoms with E-state index in [4.69, 9.17) is 0 Å². The number of hydrogen-bond acceptors (Lipinski definition) is 3. The summed E-state index contributed by atoms with van der Waals surface area (Å²) in [5.74, 6) is -0.105. The summed E-state index contributed by atoms with van der Waals surface area (Å²) in [4.78, 5) is 14.7. The van der Waals surface area contributed by atoms with Crippen LogP contribution < -0.4 is 10.6 Å². The minimum atomic E-state index is -0.221. The number of rotatable bonds is 8. The smallest absolute Gasteiger partial charge is 0.237 e. The van der Waals surface area contributed by atoms with Crippen molar-refractivity contribution in [1.29, 1.82) is 0 Å². The van der Waals surface area contributed by atoms with E-state index in [1.54, 1.807) is 12.1 Å². The first kappa shape index (κ1) is 20.9. The van der Waals surface area contributed by atoms with Gasteiger partial charge in [0.15, 0.2) is 0 Å². The zero-order valence-corrected chi connectivity index (χ0v) is 15.2. The number of carbonyl (C=O) groups is 1. The molecule has 1 amide bonds. The van der Waals surface area contributed by atoms with Crippen LogP contribution in [0.2, 0.25) is 0 Å². The lowest BCUT2D eigenvalue weighted by Crippen LogP contribution is -2.50. The highest BCUT2D eigenvalue weighted by molar-refractivity contribution is 5.85.